The molecule has 2 rings (SSSR count). The molecule has 0 spiro atoms. The lowest BCUT2D eigenvalue weighted by Crippen LogP contribution is -2.45. The molecule has 0 bridgehead atoms. The number of hydrogen-bond acceptors (Lipinski definition) is 10. The average Bonchev–Trinajstić information content (AvgIpc) is 3.12. The van der Waals surface area contributed by atoms with Gasteiger partial charge in [-0.05, 0) is 57.6 Å². The smallest absolute Gasteiger partial charge is 0.348 e. The molecular weight excluding hydrogens is 500 g/mol. The van der Waals surface area contributed by atoms with Crippen LogP contribution in [-0.2, 0) is 14.3 Å². The van der Waals surface area contributed by atoms with E-state index in [1.807, 2.05) is 0 Å². The van der Waals surface area contributed by atoms with E-state index < -0.39 is 29.4 Å². The topological polar surface area (TPSA) is 158 Å². The Hall–Kier alpha value is -3.78. The maximum Gasteiger partial charge on any atom is 0.348 e. The summed E-state index contributed by atoms with van der Waals surface area (Å²) in [6.07, 6.45) is 0. The number of hydrazine groups is 1. The number of ether oxygens (including phenoxy) is 3. The van der Waals surface area contributed by atoms with Crippen LogP contribution in [0, 0.1) is 24.0 Å². The number of esters is 2. The zero-order valence-electron chi connectivity index (χ0n) is 19.4. The lowest BCUT2D eigenvalue weighted by molar-refractivity contribution is -0.385. The second-order valence-corrected chi connectivity index (χ2v) is 8.25. The number of rotatable bonds is 9. The highest BCUT2D eigenvalue weighted by atomic mass is 32.1. The molecule has 3 N–H and O–H groups in total. The number of hydrogen-bond donors (Lipinski definition) is 3. The Morgan fingerprint density at radius 2 is 1.74 bits per heavy atom. The molecule has 1 amide bonds. The van der Waals surface area contributed by atoms with Crippen LogP contribution in [0.2, 0.25) is 0 Å². The minimum Gasteiger partial charge on any atom is -0.484 e. The van der Waals surface area contributed by atoms with Crippen molar-refractivity contribution in [2.45, 2.75) is 27.7 Å². The normalized spacial score (nSPS) is 10.2. The van der Waals surface area contributed by atoms with Crippen LogP contribution in [0.15, 0.2) is 18.2 Å². The summed E-state index contributed by atoms with van der Waals surface area (Å²) in [5.74, 6) is -1.54. The van der Waals surface area contributed by atoms with Gasteiger partial charge in [0, 0.05) is 11.6 Å². The third-order valence-corrected chi connectivity index (χ3v) is 5.76. The summed E-state index contributed by atoms with van der Waals surface area (Å²) in [6.45, 7) is 6.38. The molecule has 1 aromatic carbocycles. The zero-order valence-corrected chi connectivity index (χ0v) is 21.0. The summed E-state index contributed by atoms with van der Waals surface area (Å²) in [5.41, 5.74) is 5.65. The van der Waals surface area contributed by atoms with Gasteiger partial charge in [0.2, 0.25) is 0 Å². The SMILES string of the molecule is CCOC(=O)c1sc(NC(=S)NNC(=O)COc2ccc([N+](=O)[O-])c(C)c2)c(C(=O)OCC)c1C. The first-order chi connectivity index (χ1) is 16.6. The lowest BCUT2D eigenvalue weighted by atomic mass is 10.1. The summed E-state index contributed by atoms with van der Waals surface area (Å²) in [6, 6.07) is 4.12. The van der Waals surface area contributed by atoms with Crippen molar-refractivity contribution >= 4 is 57.2 Å². The minimum absolute atomic E-state index is 0.0583. The molecule has 0 saturated heterocycles. The summed E-state index contributed by atoms with van der Waals surface area (Å²) in [7, 11) is 0. The van der Waals surface area contributed by atoms with E-state index in [2.05, 4.69) is 16.2 Å². The van der Waals surface area contributed by atoms with Gasteiger partial charge in [-0.2, -0.15) is 0 Å². The third-order valence-electron chi connectivity index (χ3n) is 4.36. The molecule has 0 unspecified atom stereocenters. The van der Waals surface area contributed by atoms with E-state index in [0.717, 1.165) is 11.3 Å². The van der Waals surface area contributed by atoms with Crippen molar-refractivity contribution < 1.29 is 33.5 Å². The van der Waals surface area contributed by atoms with Crippen molar-refractivity contribution in [3.05, 3.63) is 49.9 Å². The van der Waals surface area contributed by atoms with Crippen LogP contribution in [0.1, 0.15) is 45.0 Å². The van der Waals surface area contributed by atoms with Gasteiger partial charge in [0.05, 0.1) is 23.7 Å². The number of nitro benzene ring substituents is 1. The van der Waals surface area contributed by atoms with E-state index >= 15 is 0 Å². The quantitative estimate of drug-likeness (QED) is 0.192. The Balaban J connectivity index is 2.00. The molecule has 0 atom stereocenters. The summed E-state index contributed by atoms with van der Waals surface area (Å²) in [5, 5.41) is 13.8. The van der Waals surface area contributed by atoms with Crippen LogP contribution < -0.4 is 20.9 Å². The number of thiocarbonyl (C=S) groups is 1. The van der Waals surface area contributed by atoms with Crippen LogP contribution in [0.3, 0.4) is 0 Å². The molecule has 12 nitrogen and oxygen atoms in total. The van der Waals surface area contributed by atoms with E-state index in [9.17, 15) is 24.5 Å². The Bertz CT molecular complexity index is 1150. The Labute approximate surface area is 210 Å². The number of aryl methyl sites for hydroxylation is 1. The Morgan fingerprint density at radius 3 is 2.34 bits per heavy atom. The highest BCUT2D eigenvalue weighted by molar-refractivity contribution is 7.80. The zero-order chi connectivity index (χ0) is 26.1. The van der Waals surface area contributed by atoms with E-state index in [1.165, 1.54) is 18.2 Å². The van der Waals surface area contributed by atoms with Gasteiger partial charge in [-0.15, -0.1) is 11.3 Å². The van der Waals surface area contributed by atoms with Gasteiger partial charge in [0.15, 0.2) is 11.7 Å². The van der Waals surface area contributed by atoms with Gasteiger partial charge in [-0.3, -0.25) is 25.8 Å². The highest BCUT2D eigenvalue weighted by Gasteiger charge is 2.27. The van der Waals surface area contributed by atoms with Crippen molar-refractivity contribution in [3.8, 4) is 5.75 Å². The molecule has 188 valence electrons. The molecule has 0 aliphatic heterocycles. The average molecular weight is 525 g/mol. The van der Waals surface area contributed by atoms with Gasteiger partial charge < -0.3 is 19.5 Å². The fourth-order valence-electron chi connectivity index (χ4n) is 2.81. The van der Waals surface area contributed by atoms with E-state index in [4.69, 9.17) is 26.4 Å². The molecule has 35 heavy (non-hydrogen) atoms. The van der Waals surface area contributed by atoms with Gasteiger partial charge >= 0.3 is 11.9 Å². The van der Waals surface area contributed by atoms with Gasteiger partial charge in [0.1, 0.15) is 15.6 Å². The summed E-state index contributed by atoms with van der Waals surface area (Å²) in [4.78, 5) is 47.3. The van der Waals surface area contributed by atoms with Crippen molar-refractivity contribution in [1.82, 2.24) is 10.9 Å². The van der Waals surface area contributed by atoms with Crippen LogP contribution in [-0.4, -0.2) is 47.7 Å². The predicted molar refractivity (Wildman–Crippen MR) is 132 cm³/mol. The summed E-state index contributed by atoms with van der Waals surface area (Å²) >= 11 is 6.13. The standard InChI is InChI=1S/C21H24N4O8S2/c1-5-31-19(27)16-12(4)17(20(28)32-6-2)35-18(16)22-21(34)24-23-15(26)10-33-13-7-8-14(25(29)30)11(3)9-13/h7-9H,5-6,10H2,1-4H3,(H,23,26)(H2,22,24,34). The van der Waals surface area contributed by atoms with Crippen LogP contribution in [0.4, 0.5) is 10.7 Å². The molecule has 0 saturated carbocycles. The van der Waals surface area contributed by atoms with E-state index in [-0.39, 0.29) is 45.2 Å². The molecule has 1 heterocycles. The second kappa shape index (κ2) is 12.6. The highest BCUT2D eigenvalue weighted by Crippen LogP contribution is 2.34. The summed E-state index contributed by atoms with van der Waals surface area (Å²) < 4.78 is 15.4. The van der Waals surface area contributed by atoms with Crippen LogP contribution in [0.25, 0.3) is 0 Å². The van der Waals surface area contributed by atoms with Gasteiger partial charge in [-0.25, -0.2) is 9.59 Å². The van der Waals surface area contributed by atoms with Gasteiger partial charge in [-0.1, -0.05) is 0 Å². The number of nitrogens with one attached hydrogen (secondary N) is 3. The molecular formula is C21H24N4O8S2. The molecule has 14 heteroatoms. The number of carbonyl (C=O) groups is 3. The number of benzene rings is 1. The van der Waals surface area contributed by atoms with Crippen LogP contribution >= 0.6 is 23.6 Å². The molecule has 2 aromatic rings. The molecule has 0 fully saturated rings. The number of nitro groups is 1. The molecule has 0 aliphatic carbocycles. The molecule has 1 aromatic heterocycles. The number of thiophene rings is 1. The fraction of sp³-hybridized carbons (Fsp3) is 0.333. The van der Waals surface area contributed by atoms with E-state index in [1.54, 1.807) is 27.7 Å². The van der Waals surface area contributed by atoms with Crippen molar-refractivity contribution in [2.24, 2.45) is 0 Å². The van der Waals surface area contributed by atoms with E-state index in [0.29, 0.717) is 11.1 Å². The van der Waals surface area contributed by atoms with Crippen LogP contribution in [0.5, 0.6) is 5.75 Å². The number of nitrogens with zero attached hydrogens (tertiary/aromatic N) is 1. The third kappa shape index (κ3) is 7.35. The first kappa shape index (κ1) is 27.5. The first-order valence-electron chi connectivity index (χ1n) is 10.3. The fourth-order valence-corrected chi connectivity index (χ4v) is 4.12. The van der Waals surface area contributed by atoms with Crippen molar-refractivity contribution in [1.29, 1.82) is 0 Å². The maximum atomic E-state index is 12.4. The number of amides is 1. The Morgan fingerprint density at radius 1 is 1.09 bits per heavy atom. The minimum atomic E-state index is -0.641. The second-order valence-electron chi connectivity index (χ2n) is 6.82. The molecule has 0 aliphatic rings. The van der Waals surface area contributed by atoms with Gasteiger partial charge in [0.25, 0.3) is 11.6 Å². The maximum absolute atomic E-state index is 12.4. The van der Waals surface area contributed by atoms with Crippen molar-refractivity contribution in [3.63, 3.8) is 0 Å². The number of anilines is 1. The predicted octanol–water partition coefficient (Wildman–Crippen LogP) is 3.02. The molecule has 0 radical (unpaired) electrons. The largest absolute Gasteiger partial charge is 0.484 e. The lowest BCUT2D eigenvalue weighted by Gasteiger charge is -2.12. The monoisotopic (exact) mass is 524 g/mol. The number of carbonyl (C=O) groups excluding carboxylic acids is 3. The first-order valence-corrected chi connectivity index (χ1v) is 11.5. The van der Waals surface area contributed by atoms with Crippen molar-refractivity contribution in [2.75, 3.05) is 25.1 Å². The Kier molecular flexibility index (Phi) is 9.90.